The fourth-order valence-electron chi connectivity index (χ4n) is 7.20. The van der Waals surface area contributed by atoms with Crippen molar-refractivity contribution in [1.82, 2.24) is 61.6 Å². The van der Waals surface area contributed by atoms with Crippen LogP contribution in [0.2, 0.25) is 0 Å². The number of nitrogens with two attached hydrogens (primary N) is 3. The van der Waals surface area contributed by atoms with Crippen LogP contribution in [-0.2, 0) is 49.8 Å². The van der Waals surface area contributed by atoms with E-state index < -0.39 is 65.8 Å². The van der Waals surface area contributed by atoms with Crippen molar-refractivity contribution in [3.8, 4) is 5.69 Å². The number of H-pyrrole nitrogens is 2. The van der Waals surface area contributed by atoms with E-state index in [9.17, 15) is 28.8 Å². The van der Waals surface area contributed by atoms with Crippen LogP contribution in [0.1, 0.15) is 54.3 Å². The van der Waals surface area contributed by atoms with Crippen LogP contribution in [0.4, 0.5) is 4.79 Å². The lowest BCUT2D eigenvalue weighted by Gasteiger charge is -2.28. The number of hydrazine groups is 1. The van der Waals surface area contributed by atoms with E-state index in [1.165, 1.54) is 17.9 Å². The number of benzene rings is 3. The Bertz CT molecular complexity index is 2600. The Hall–Kier alpha value is -7.91. The van der Waals surface area contributed by atoms with Gasteiger partial charge in [-0.05, 0) is 69.0 Å². The number of hydrogen-bond acceptors (Lipinski definition) is 11. The molecule has 21 heteroatoms. The number of nitrogens with zero attached hydrogens (tertiary/aromatic N) is 5. The highest BCUT2D eigenvalue weighted by atomic mass is 16.2. The molecular formula is C46H57N15O6. The van der Waals surface area contributed by atoms with Gasteiger partial charge in [0.2, 0.25) is 23.6 Å². The molecule has 0 aliphatic rings. The number of urea groups is 1. The second kappa shape index (κ2) is 23.3. The number of nitrogens with one attached hydrogen (secondary N) is 7. The lowest BCUT2D eigenvalue weighted by Crippen LogP contribution is -2.60. The predicted octanol–water partition coefficient (Wildman–Crippen LogP) is 0.836. The Labute approximate surface area is 386 Å². The summed E-state index contributed by atoms with van der Waals surface area (Å²) in [4.78, 5) is 92.4. The van der Waals surface area contributed by atoms with Crippen molar-refractivity contribution in [2.24, 2.45) is 17.2 Å². The second-order valence-electron chi connectivity index (χ2n) is 16.2. The van der Waals surface area contributed by atoms with Gasteiger partial charge in [0.05, 0.1) is 30.8 Å². The third-order valence-corrected chi connectivity index (χ3v) is 11.0. The number of hydrogen-bond donors (Lipinski definition) is 10. The first-order valence-electron chi connectivity index (χ1n) is 21.9. The van der Waals surface area contributed by atoms with Gasteiger partial charge in [-0.15, -0.1) is 5.10 Å². The number of aryl methyl sites for hydroxylation is 1. The second-order valence-corrected chi connectivity index (χ2v) is 16.2. The zero-order valence-corrected chi connectivity index (χ0v) is 37.3. The molecule has 0 aliphatic heterocycles. The number of amides is 7. The van der Waals surface area contributed by atoms with E-state index >= 15 is 0 Å². The molecule has 0 radical (unpaired) electrons. The van der Waals surface area contributed by atoms with Gasteiger partial charge in [-0.25, -0.2) is 19.5 Å². The lowest BCUT2D eigenvalue weighted by molar-refractivity contribution is -0.133. The van der Waals surface area contributed by atoms with Crippen LogP contribution in [0.5, 0.6) is 0 Å². The van der Waals surface area contributed by atoms with Crippen molar-refractivity contribution in [3.05, 3.63) is 132 Å². The zero-order valence-electron chi connectivity index (χ0n) is 37.3. The summed E-state index contributed by atoms with van der Waals surface area (Å²) in [6, 6.07) is 17.1. The first kappa shape index (κ1) is 48.5. The number of aromatic nitrogens is 6. The van der Waals surface area contributed by atoms with Gasteiger partial charge in [-0.3, -0.25) is 29.4 Å². The minimum Gasteiger partial charge on any atom is -0.368 e. The van der Waals surface area contributed by atoms with Crippen LogP contribution >= 0.6 is 0 Å². The number of rotatable bonds is 22. The van der Waals surface area contributed by atoms with E-state index in [2.05, 4.69) is 52.0 Å². The van der Waals surface area contributed by atoms with E-state index in [-0.39, 0.29) is 37.9 Å². The van der Waals surface area contributed by atoms with E-state index in [0.717, 1.165) is 27.0 Å². The number of unbranched alkanes of at least 4 members (excludes halogenated alkanes) is 1. The minimum atomic E-state index is -1.29. The van der Waals surface area contributed by atoms with E-state index in [1.54, 1.807) is 48.9 Å². The van der Waals surface area contributed by atoms with Crippen LogP contribution in [-0.4, -0.2) is 107 Å². The van der Waals surface area contributed by atoms with Crippen LogP contribution < -0.4 is 43.9 Å². The van der Waals surface area contributed by atoms with Crippen molar-refractivity contribution in [2.75, 3.05) is 6.54 Å². The largest absolute Gasteiger partial charge is 0.368 e. The Morgan fingerprint density at radius 3 is 2.19 bits per heavy atom. The molecule has 3 aromatic heterocycles. The number of primary amides is 1. The highest BCUT2D eigenvalue weighted by molar-refractivity contribution is 5.95. The zero-order chi connectivity index (χ0) is 47.9. The molecule has 7 amide bonds. The summed E-state index contributed by atoms with van der Waals surface area (Å²) in [7, 11) is 0. The molecule has 0 bridgehead atoms. The van der Waals surface area contributed by atoms with E-state index in [1.807, 2.05) is 55.5 Å². The molecule has 0 aliphatic carbocycles. The average Bonchev–Trinajstić information content (AvgIpc) is 4.11. The molecule has 13 N–H and O–H groups in total. The molecule has 3 heterocycles. The predicted molar refractivity (Wildman–Crippen MR) is 248 cm³/mol. The monoisotopic (exact) mass is 915 g/mol. The fraction of sp³-hybridized carbons (Fsp3) is 0.326. The molecule has 352 valence electrons. The lowest BCUT2D eigenvalue weighted by atomic mass is 10.0. The van der Waals surface area contributed by atoms with Crippen LogP contribution in [0, 0.1) is 6.92 Å². The van der Waals surface area contributed by atoms with E-state index in [4.69, 9.17) is 17.2 Å². The molecule has 6 aromatic rings. The van der Waals surface area contributed by atoms with Gasteiger partial charge in [-0.2, -0.15) is 0 Å². The number of carbonyl (C=O) groups is 6. The molecule has 5 atom stereocenters. The van der Waals surface area contributed by atoms with Gasteiger partial charge in [0, 0.05) is 48.3 Å². The molecule has 0 saturated heterocycles. The van der Waals surface area contributed by atoms with Crippen molar-refractivity contribution in [3.63, 3.8) is 0 Å². The third kappa shape index (κ3) is 13.8. The fourth-order valence-corrected chi connectivity index (χ4v) is 7.20. The Morgan fingerprint density at radius 1 is 0.776 bits per heavy atom. The van der Waals surface area contributed by atoms with Gasteiger partial charge in [0.25, 0.3) is 5.91 Å². The molecule has 0 spiro atoms. The summed E-state index contributed by atoms with van der Waals surface area (Å²) >= 11 is 0. The molecule has 0 fully saturated rings. The van der Waals surface area contributed by atoms with Crippen LogP contribution in [0.15, 0.2) is 104 Å². The number of carbonyl (C=O) groups excluding carboxylic acids is 6. The number of fused-ring (bicyclic) bond motifs is 1. The number of imidazole rings is 1. The van der Waals surface area contributed by atoms with Gasteiger partial charge >= 0.3 is 6.03 Å². The highest BCUT2D eigenvalue weighted by Gasteiger charge is 2.32. The Balaban J connectivity index is 1.23. The summed E-state index contributed by atoms with van der Waals surface area (Å²) in [6.07, 6.45) is 7.84. The summed E-state index contributed by atoms with van der Waals surface area (Å²) in [5, 5.41) is 21.0. The van der Waals surface area contributed by atoms with Crippen molar-refractivity contribution in [2.45, 2.75) is 89.1 Å². The van der Waals surface area contributed by atoms with Crippen molar-refractivity contribution < 1.29 is 28.8 Å². The Morgan fingerprint density at radius 2 is 1.48 bits per heavy atom. The summed E-state index contributed by atoms with van der Waals surface area (Å²) in [6.45, 7) is 3.39. The normalized spacial score (nSPS) is 13.4. The molecular weight excluding hydrogens is 859 g/mol. The van der Waals surface area contributed by atoms with Gasteiger partial charge in [-0.1, -0.05) is 71.4 Å². The summed E-state index contributed by atoms with van der Waals surface area (Å²) < 4.78 is 1.50. The molecule has 67 heavy (non-hydrogen) atoms. The number of aromatic amines is 2. The smallest absolute Gasteiger partial charge is 0.337 e. The first-order chi connectivity index (χ1) is 32.3. The quantitative estimate of drug-likeness (QED) is 0.0336. The molecule has 6 rings (SSSR count). The first-order valence-corrected chi connectivity index (χ1v) is 21.9. The standard InChI is InChI=1S/C46H57N15O6/c1-28-15-17-34(18-16-28)60-25-33(57-59-60)26-61(46(67)56-39(20-30-10-4-3-5-11-30)45(66)54-38(41(49)62)14-8-9-19-47)58-42(63)29(2)53-44(65)40(21-31-23-51-37-13-7-6-12-35(31)37)55-43(64)36(48)22-32-24-50-27-52-32/h3-7,10-13,15-18,23-25,27,29,36,38-40,51H,8-9,14,19-22,26,47-48H2,1-2H3,(H2,49,62)(H,50,52)(H,53,65)(H,54,66)(H,55,64)(H,56,67)(H,58,63)/t29-,36-,38-,39+,40+/m0/s1. The SMILES string of the molecule is Cc1ccc(-n2cc(CN(NC(=O)[C@H](C)NC(=O)[C@@H](Cc3c[nH]c4ccccc34)NC(=O)[C@@H](N)Cc3cnc[nH]3)C(=O)N[C@H](Cc3ccccc3)C(=O)N[C@@H](CCCCN)C(N)=O)nn2)cc1. The van der Waals surface area contributed by atoms with Crippen molar-refractivity contribution >= 4 is 46.5 Å². The summed E-state index contributed by atoms with van der Waals surface area (Å²) in [5.41, 5.74) is 24.9. The molecule has 3 aromatic carbocycles. The molecule has 0 unspecified atom stereocenters. The van der Waals surface area contributed by atoms with Gasteiger partial charge in [0.1, 0.15) is 29.9 Å². The Kier molecular flexibility index (Phi) is 16.9. The summed E-state index contributed by atoms with van der Waals surface area (Å²) in [5.74, 6) is -3.60. The third-order valence-electron chi connectivity index (χ3n) is 11.0. The maximum Gasteiger partial charge on any atom is 0.337 e. The maximum absolute atomic E-state index is 14.4. The van der Waals surface area contributed by atoms with Crippen LogP contribution in [0.25, 0.3) is 16.6 Å². The van der Waals surface area contributed by atoms with E-state index in [0.29, 0.717) is 36.3 Å². The van der Waals surface area contributed by atoms with Crippen LogP contribution in [0.3, 0.4) is 0 Å². The average molecular weight is 916 g/mol. The molecule has 0 saturated carbocycles. The topological polar surface area (TPSA) is 319 Å². The molecule has 21 nitrogen and oxygen atoms in total. The highest BCUT2D eigenvalue weighted by Crippen LogP contribution is 2.20. The van der Waals surface area contributed by atoms with Crippen molar-refractivity contribution in [1.29, 1.82) is 0 Å². The van der Waals surface area contributed by atoms with Gasteiger partial charge in [0.15, 0.2) is 0 Å². The van der Waals surface area contributed by atoms with Gasteiger partial charge < -0.3 is 48.4 Å². The maximum atomic E-state index is 14.4. The number of para-hydroxylation sites is 1. The minimum absolute atomic E-state index is 0.000364.